The average molecular weight is 277 g/mol. The SMILES string of the molecule is Cc1ccc(OCC(=O)N2CC(=O)CC2C(=O)O)cc1. The van der Waals surface area contributed by atoms with E-state index in [9.17, 15) is 14.4 Å². The number of benzene rings is 1. The Bertz CT molecular complexity index is 537. The Morgan fingerprint density at radius 2 is 2.00 bits per heavy atom. The second kappa shape index (κ2) is 5.73. The van der Waals surface area contributed by atoms with Crippen molar-refractivity contribution in [3.8, 4) is 5.75 Å². The summed E-state index contributed by atoms with van der Waals surface area (Å²) in [6.07, 6.45) is -0.133. The van der Waals surface area contributed by atoms with Crippen molar-refractivity contribution in [3.63, 3.8) is 0 Å². The molecule has 20 heavy (non-hydrogen) atoms. The highest BCUT2D eigenvalue weighted by Gasteiger charge is 2.38. The molecular weight excluding hydrogens is 262 g/mol. The van der Waals surface area contributed by atoms with Crippen molar-refractivity contribution in [2.45, 2.75) is 19.4 Å². The third-order valence-electron chi connectivity index (χ3n) is 3.13. The molecule has 1 aromatic rings. The number of ether oxygens (including phenoxy) is 1. The molecule has 1 amide bonds. The summed E-state index contributed by atoms with van der Waals surface area (Å²) in [5.74, 6) is -1.38. The van der Waals surface area contributed by atoms with Crippen LogP contribution in [0.4, 0.5) is 0 Å². The number of Topliss-reactive ketones (excluding diaryl/α,β-unsaturated/α-hetero) is 1. The van der Waals surface area contributed by atoms with Crippen LogP contribution in [0.2, 0.25) is 0 Å². The first-order chi connectivity index (χ1) is 9.47. The Morgan fingerprint density at radius 3 is 2.60 bits per heavy atom. The zero-order chi connectivity index (χ0) is 14.7. The van der Waals surface area contributed by atoms with Crippen LogP contribution in [-0.2, 0) is 14.4 Å². The fourth-order valence-corrected chi connectivity index (χ4v) is 2.04. The molecular formula is C14H15NO5. The Morgan fingerprint density at radius 1 is 1.35 bits per heavy atom. The van der Waals surface area contributed by atoms with Gasteiger partial charge in [-0.3, -0.25) is 9.59 Å². The van der Waals surface area contributed by atoms with E-state index in [4.69, 9.17) is 9.84 Å². The van der Waals surface area contributed by atoms with Gasteiger partial charge < -0.3 is 14.7 Å². The van der Waals surface area contributed by atoms with Gasteiger partial charge in [0.2, 0.25) is 0 Å². The summed E-state index contributed by atoms with van der Waals surface area (Å²) in [4.78, 5) is 35.3. The summed E-state index contributed by atoms with van der Waals surface area (Å²) in [5.41, 5.74) is 1.07. The quantitative estimate of drug-likeness (QED) is 0.872. The highest BCUT2D eigenvalue weighted by molar-refractivity contribution is 5.97. The highest BCUT2D eigenvalue weighted by atomic mass is 16.5. The molecule has 1 fully saturated rings. The molecule has 1 N–H and O–H groups in total. The van der Waals surface area contributed by atoms with Crippen molar-refractivity contribution in [2.24, 2.45) is 0 Å². The summed E-state index contributed by atoms with van der Waals surface area (Å²) in [7, 11) is 0. The molecule has 6 nitrogen and oxygen atoms in total. The fraction of sp³-hybridized carbons (Fsp3) is 0.357. The van der Waals surface area contributed by atoms with E-state index in [1.54, 1.807) is 12.1 Å². The molecule has 1 unspecified atom stereocenters. The van der Waals surface area contributed by atoms with Gasteiger partial charge >= 0.3 is 5.97 Å². The average Bonchev–Trinajstić information content (AvgIpc) is 2.80. The van der Waals surface area contributed by atoms with Crippen LogP contribution in [0.15, 0.2) is 24.3 Å². The van der Waals surface area contributed by atoms with Crippen LogP contribution in [0, 0.1) is 6.92 Å². The van der Waals surface area contributed by atoms with Gasteiger partial charge in [0, 0.05) is 6.42 Å². The smallest absolute Gasteiger partial charge is 0.326 e. The van der Waals surface area contributed by atoms with Crippen LogP contribution in [-0.4, -0.2) is 46.9 Å². The summed E-state index contributed by atoms with van der Waals surface area (Å²) >= 11 is 0. The first-order valence-corrected chi connectivity index (χ1v) is 6.21. The number of likely N-dealkylation sites (tertiary alicyclic amines) is 1. The number of carbonyl (C=O) groups excluding carboxylic acids is 2. The molecule has 106 valence electrons. The fourth-order valence-electron chi connectivity index (χ4n) is 2.04. The van der Waals surface area contributed by atoms with Gasteiger partial charge in [0.1, 0.15) is 11.8 Å². The Kier molecular flexibility index (Phi) is 4.02. The van der Waals surface area contributed by atoms with E-state index < -0.39 is 17.9 Å². The van der Waals surface area contributed by atoms with Crippen molar-refractivity contribution in [3.05, 3.63) is 29.8 Å². The number of rotatable bonds is 4. The molecule has 6 heteroatoms. The van der Waals surface area contributed by atoms with Gasteiger partial charge in [-0.15, -0.1) is 0 Å². The maximum atomic E-state index is 11.9. The van der Waals surface area contributed by atoms with Gasteiger partial charge in [-0.1, -0.05) is 17.7 Å². The van der Waals surface area contributed by atoms with Crippen LogP contribution in [0.3, 0.4) is 0 Å². The van der Waals surface area contributed by atoms with Gasteiger partial charge in [0.15, 0.2) is 12.4 Å². The van der Waals surface area contributed by atoms with E-state index in [-0.39, 0.29) is 25.4 Å². The Hall–Kier alpha value is -2.37. The number of hydrogen-bond acceptors (Lipinski definition) is 4. The van der Waals surface area contributed by atoms with Crippen LogP contribution in [0.5, 0.6) is 5.75 Å². The van der Waals surface area contributed by atoms with Crippen molar-refractivity contribution in [2.75, 3.05) is 13.2 Å². The first-order valence-electron chi connectivity index (χ1n) is 6.21. The number of nitrogens with zero attached hydrogens (tertiary/aromatic N) is 1. The lowest BCUT2D eigenvalue weighted by Gasteiger charge is -2.20. The molecule has 0 radical (unpaired) electrons. The number of carboxylic acids is 1. The maximum Gasteiger partial charge on any atom is 0.326 e. The van der Waals surface area contributed by atoms with Gasteiger partial charge in [-0.25, -0.2) is 4.79 Å². The minimum Gasteiger partial charge on any atom is -0.484 e. The number of carbonyl (C=O) groups is 3. The normalized spacial score (nSPS) is 18.1. The van der Waals surface area contributed by atoms with Crippen molar-refractivity contribution in [1.82, 2.24) is 4.90 Å². The van der Waals surface area contributed by atoms with Gasteiger partial charge in [-0.05, 0) is 19.1 Å². The second-order valence-electron chi connectivity index (χ2n) is 4.72. The summed E-state index contributed by atoms with van der Waals surface area (Å²) in [6, 6.07) is 6.08. The van der Waals surface area contributed by atoms with E-state index in [2.05, 4.69) is 0 Å². The first kappa shape index (κ1) is 14.0. The number of hydrogen-bond donors (Lipinski definition) is 1. The molecule has 1 aliphatic rings. The van der Waals surface area contributed by atoms with Crippen molar-refractivity contribution in [1.29, 1.82) is 0 Å². The lowest BCUT2D eigenvalue weighted by atomic mass is 10.2. The molecule has 1 heterocycles. The lowest BCUT2D eigenvalue weighted by molar-refractivity contribution is -0.148. The predicted molar refractivity (Wildman–Crippen MR) is 69.4 cm³/mol. The number of aliphatic carboxylic acids is 1. The van der Waals surface area contributed by atoms with Gasteiger partial charge in [-0.2, -0.15) is 0 Å². The molecule has 0 aromatic heterocycles. The summed E-state index contributed by atoms with van der Waals surface area (Å²) in [5, 5.41) is 8.98. The summed E-state index contributed by atoms with van der Waals surface area (Å²) < 4.78 is 5.30. The Balaban J connectivity index is 1.96. The highest BCUT2D eigenvalue weighted by Crippen LogP contribution is 2.16. The number of carboxylic acid groups (broad SMARTS) is 1. The molecule has 0 spiro atoms. The van der Waals surface area contributed by atoms with E-state index >= 15 is 0 Å². The monoisotopic (exact) mass is 277 g/mol. The van der Waals surface area contributed by atoms with Crippen molar-refractivity contribution >= 4 is 17.7 Å². The van der Waals surface area contributed by atoms with E-state index in [0.717, 1.165) is 10.5 Å². The Labute approximate surface area is 115 Å². The molecule has 0 saturated carbocycles. The maximum absolute atomic E-state index is 11.9. The third-order valence-corrected chi connectivity index (χ3v) is 3.13. The molecule has 1 saturated heterocycles. The number of amides is 1. The lowest BCUT2D eigenvalue weighted by Crippen LogP contribution is -2.42. The standard InChI is InChI=1S/C14H15NO5/c1-9-2-4-11(5-3-9)20-8-13(17)15-7-10(16)6-12(15)14(18)19/h2-5,12H,6-8H2,1H3,(H,18,19). The van der Waals surface area contributed by atoms with Gasteiger partial charge in [0.25, 0.3) is 5.91 Å². The summed E-state index contributed by atoms with van der Waals surface area (Å²) in [6.45, 7) is 1.50. The van der Waals surface area contributed by atoms with E-state index in [1.807, 2.05) is 19.1 Å². The van der Waals surface area contributed by atoms with E-state index in [1.165, 1.54) is 0 Å². The van der Waals surface area contributed by atoms with Gasteiger partial charge in [0.05, 0.1) is 6.54 Å². The molecule has 0 bridgehead atoms. The largest absolute Gasteiger partial charge is 0.484 e. The zero-order valence-electron chi connectivity index (χ0n) is 11.0. The minimum atomic E-state index is -1.17. The number of ketones is 1. The van der Waals surface area contributed by atoms with Crippen LogP contribution >= 0.6 is 0 Å². The van der Waals surface area contributed by atoms with Crippen molar-refractivity contribution < 1.29 is 24.2 Å². The third kappa shape index (κ3) is 3.14. The molecule has 1 aromatic carbocycles. The minimum absolute atomic E-state index is 0.133. The predicted octanol–water partition coefficient (Wildman–Crippen LogP) is 0.628. The topological polar surface area (TPSA) is 83.9 Å². The molecule has 1 atom stereocenters. The molecule has 0 aliphatic carbocycles. The molecule has 2 rings (SSSR count). The van der Waals surface area contributed by atoms with Crippen LogP contribution in [0.25, 0.3) is 0 Å². The second-order valence-corrected chi connectivity index (χ2v) is 4.72. The van der Waals surface area contributed by atoms with Crippen LogP contribution < -0.4 is 4.74 Å². The zero-order valence-corrected chi connectivity index (χ0v) is 11.0. The van der Waals surface area contributed by atoms with Crippen LogP contribution in [0.1, 0.15) is 12.0 Å². The number of aryl methyl sites for hydroxylation is 1. The van der Waals surface area contributed by atoms with E-state index in [0.29, 0.717) is 5.75 Å². The molecule has 1 aliphatic heterocycles.